The molecule has 0 fully saturated rings. The molecule has 1 N–H and O–H groups in total. The summed E-state index contributed by atoms with van der Waals surface area (Å²) in [5.41, 5.74) is 0.487. The predicted octanol–water partition coefficient (Wildman–Crippen LogP) is 2.95. The zero-order valence-corrected chi connectivity index (χ0v) is 11.1. The number of carbonyl (C=O) groups excluding carboxylic acids is 1. The number of carbonyl (C=O) groups is 1. The van der Waals surface area contributed by atoms with E-state index in [0.29, 0.717) is 12.2 Å². The van der Waals surface area contributed by atoms with Gasteiger partial charge in [-0.05, 0) is 33.1 Å². The molecule has 92 valence electrons. The first-order valence-electron chi connectivity index (χ1n) is 6.17. The summed E-state index contributed by atoms with van der Waals surface area (Å²) in [5.74, 6) is 0.812. The molecule has 0 spiro atoms. The molecule has 0 amide bonds. The summed E-state index contributed by atoms with van der Waals surface area (Å²) in [7, 11) is 0. The van der Waals surface area contributed by atoms with Gasteiger partial charge in [0, 0.05) is 18.3 Å². The van der Waals surface area contributed by atoms with Crippen LogP contribution in [-0.4, -0.2) is 16.5 Å². The maximum atomic E-state index is 11.8. The molecule has 1 rings (SSSR count). The average Bonchev–Trinajstić information content (AvgIpc) is 2.12. The minimum atomic E-state index is -0.735. The highest BCUT2D eigenvalue weighted by atomic mass is 16.3. The van der Waals surface area contributed by atoms with Crippen molar-refractivity contribution in [3.8, 4) is 0 Å². The van der Waals surface area contributed by atoms with E-state index in [-0.39, 0.29) is 17.8 Å². The molecule has 1 aliphatic carbocycles. The number of hydrogen-bond acceptors (Lipinski definition) is 2. The highest BCUT2D eigenvalue weighted by Gasteiger charge is 2.32. The van der Waals surface area contributed by atoms with E-state index in [2.05, 4.69) is 19.9 Å². The van der Waals surface area contributed by atoms with Crippen molar-refractivity contribution in [1.82, 2.24) is 0 Å². The zero-order valence-electron chi connectivity index (χ0n) is 11.1. The summed E-state index contributed by atoms with van der Waals surface area (Å²) >= 11 is 0. The van der Waals surface area contributed by atoms with Crippen molar-refractivity contribution >= 4 is 5.78 Å². The van der Waals surface area contributed by atoms with Crippen LogP contribution in [0.4, 0.5) is 0 Å². The minimum absolute atomic E-state index is 0.103. The smallest absolute Gasteiger partial charge is 0.136 e. The molecule has 0 saturated heterocycles. The molecule has 0 radical (unpaired) electrons. The Morgan fingerprint density at radius 1 is 1.38 bits per heavy atom. The SMILES string of the molecule is C/C1=C/[C@@H](C)[C@@H](C)C(=O)CC[C@H]1C(C)(C)O. The molecular weight excluding hydrogens is 200 g/mol. The van der Waals surface area contributed by atoms with E-state index in [4.69, 9.17) is 0 Å². The van der Waals surface area contributed by atoms with E-state index in [1.807, 2.05) is 20.8 Å². The van der Waals surface area contributed by atoms with E-state index in [1.165, 1.54) is 5.57 Å². The molecule has 16 heavy (non-hydrogen) atoms. The molecule has 0 heterocycles. The Morgan fingerprint density at radius 2 is 1.94 bits per heavy atom. The molecule has 0 aromatic heterocycles. The molecule has 0 unspecified atom stereocenters. The van der Waals surface area contributed by atoms with Crippen LogP contribution in [0.2, 0.25) is 0 Å². The van der Waals surface area contributed by atoms with Gasteiger partial charge in [-0.25, -0.2) is 0 Å². The molecule has 3 atom stereocenters. The number of Topliss-reactive ketones (excluding diaryl/α,β-unsaturated/α-hetero) is 1. The van der Waals surface area contributed by atoms with Gasteiger partial charge in [0.15, 0.2) is 0 Å². The van der Waals surface area contributed by atoms with E-state index >= 15 is 0 Å². The van der Waals surface area contributed by atoms with Gasteiger partial charge in [0.05, 0.1) is 5.60 Å². The maximum absolute atomic E-state index is 11.8. The molecular formula is C14H24O2. The van der Waals surface area contributed by atoms with Crippen LogP contribution >= 0.6 is 0 Å². The maximum Gasteiger partial charge on any atom is 0.136 e. The Kier molecular flexibility index (Phi) is 3.95. The highest BCUT2D eigenvalue weighted by Crippen LogP contribution is 2.33. The van der Waals surface area contributed by atoms with Crippen molar-refractivity contribution in [2.75, 3.05) is 0 Å². The van der Waals surface area contributed by atoms with E-state index in [9.17, 15) is 9.90 Å². The minimum Gasteiger partial charge on any atom is -0.390 e. The Bertz CT molecular complexity index is 296. The van der Waals surface area contributed by atoms with E-state index in [1.54, 1.807) is 0 Å². The molecule has 0 saturated carbocycles. The summed E-state index contributed by atoms with van der Waals surface area (Å²) in [6.07, 6.45) is 3.51. The van der Waals surface area contributed by atoms with Crippen molar-refractivity contribution < 1.29 is 9.90 Å². The van der Waals surface area contributed by atoms with Crippen LogP contribution in [0.3, 0.4) is 0 Å². The normalized spacial score (nSPS) is 36.2. The number of hydrogen-bond donors (Lipinski definition) is 1. The van der Waals surface area contributed by atoms with Gasteiger partial charge in [0.1, 0.15) is 5.78 Å². The van der Waals surface area contributed by atoms with E-state index in [0.717, 1.165) is 6.42 Å². The van der Waals surface area contributed by atoms with E-state index < -0.39 is 5.60 Å². The number of allylic oxidation sites excluding steroid dienone is 1. The lowest BCUT2D eigenvalue weighted by Gasteiger charge is -2.33. The van der Waals surface area contributed by atoms with Crippen LogP contribution in [-0.2, 0) is 4.79 Å². The fraction of sp³-hybridized carbons (Fsp3) is 0.786. The summed E-state index contributed by atoms with van der Waals surface area (Å²) in [4.78, 5) is 11.8. The van der Waals surface area contributed by atoms with Gasteiger partial charge in [-0.2, -0.15) is 0 Å². The molecule has 0 bridgehead atoms. The van der Waals surface area contributed by atoms with Gasteiger partial charge < -0.3 is 5.11 Å². The lowest BCUT2D eigenvalue weighted by Crippen LogP contribution is -2.34. The van der Waals surface area contributed by atoms with Crippen LogP contribution in [0, 0.1) is 17.8 Å². The summed E-state index contributed by atoms with van der Waals surface area (Å²) in [5, 5.41) is 10.1. The molecule has 0 aliphatic heterocycles. The van der Waals surface area contributed by atoms with Gasteiger partial charge in [-0.3, -0.25) is 4.79 Å². The molecule has 1 aliphatic rings. The third kappa shape index (κ3) is 2.94. The lowest BCUT2D eigenvalue weighted by molar-refractivity contribution is -0.124. The Labute approximate surface area is 98.7 Å². The van der Waals surface area contributed by atoms with Crippen LogP contribution < -0.4 is 0 Å². The van der Waals surface area contributed by atoms with Crippen molar-refractivity contribution in [1.29, 1.82) is 0 Å². The number of rotatable bonds is 1. The molecule has 2 nitrogen and oxygen atoms in total. The monoisotopic (exact) mass is 224 g/mol. The van der Waals surface area contributed by atoms with Crippen molar-refractivity contribution in [2.45, 2.75) is 53.1 Å². The van der Waals surface area contributed by atoms with Crippen LogP contribution in [0.5, 0.6) is 0 Å². The third-order valence-electron chi connectivity index (χ3n) is 3.90. The summed E-state index contributed by atoms with van der Waals surface area (Å²) < 4.78 is 0. The first-order chi connectivity index (χ1) is 7.23. The second kappa shape index (κ2) is 4.70. The summed E-state index contributed by atoms with van der Waals surface area (Å²) in [6, 6.07) is 0. The first kappa shape index (κ1) is 13.4. The van der Waals surface area contributed by atoms with Crippen LogP contribution in [0.1, 0.15) is 47.5 Å². The van der Waals surface area contributed by atoms with Gasteiger partial charge >= 0.3 is 0 Å². The Morgan fingerprint density at radius 3 is 2.44 bits per heavy atom. The largest absolute Gasteiger partial charge is 0.390 e. The quantitative estimate of drug-likeness (QED) is 0.695. The van der Waals surface area contributed by atoms with Crippen LogP contribution in [0.25, 0.3) is 0 Å². The Balaban J connectivity index is 3.00. The van der Waals surface area contributed by atoms with Gasteiger partial charge in [0.2, 0.25) is 0 Å². The van der Waals surface area contributed by atoms with Gasteiger partial charge in [0.25, 0.3) is 0 Å². The fourth-order valence-corrected chi connectivity index (χ4v) is 2.62. The second-order valence-electron chi connectivity index (χ2n) is 5.77. The van der Waals surface area contributed by atoms with Crippen molar-refractivity contribution in [3.05, 3.63) is 11.6 Å². The zero-order chi connectivity index (χ0) is 12.5. The van der Waals surface area contributed by atoms with Crippen molar-refractivity contribution in [2.24, 2.45) is 17.8 Å². The second-order valence-corrected chi connectivity index (χ2v) is 5.77. The number of aliphatic hydroxyl groups is 1. The third-order valence-corrected chi connectivity index (χ3v) is 3.90. The highest BCUT2D eigenvalue weighted by molar-refractivity contribution is 5.81. The van der Waals surface area contributed by atoms with Gasteiger partial charge in [-0.1, -0.05) is 25.5 Å². The summed E-state index contributed by atoms with van der Waals surface area (Å²) in [6.45, 7) is 9.81. The molecule has 0 aromatic carbocycles. The predicted molar refractivity (Wildman–Crippen MR) is 66.1 cm³/mol. The Hall–Kier alpha value is -0.630. The number of ketones is 1. The topological polar surface area (TPSA) is 37.3 Å². The average molecular weight is 224 g/mol. The lowest BCUT2D eigenvalue weighted by atomic mass is 9.75. The standard InChI is InChI=1S/C14H24O2/c1-9-8-10(2)12(14(4,5)16)6-7-13(15)11(9)3/h8-9,11-12,16H,6-7H2,1-5H3/b10-8-/t9-,11-,12-/m1/s1. The van der Waals surface area contributed by atoms with Crippen molar-refractivity contribution in [3.63, 3.8) is 0 Å². The van der Waals surface area contributed by atoms with Gasteiger partial charge in [-0.15, -0.1) is 0 Å². The van der Waals surface area contributed by atoms with Crippen LogP contribution in [0.15, 0.2) is 11.6 Å². The molecule has 2 heteroatoms. The first-order valence-corrected chi connectivity index (χ1v) is 6.17. The fourth-order valence-electron chi connectivity index (χ4n) is 2.62. The molecule has 0 aromatic rings.